The van der Waals surface area contributed by atoms with Crippen LogP contribution in [0.15, 0.2) is 60.8 Å². The van der Waals surface area contributed by atoms with Crippen LogP contribution < -0.4 is 9.64 Å². The maximum atomic E-state index is 13.3. The van der Waals surface area contributed by atoms with Crippen LogP contribution in [0.3, 0.4) is 0 Å². The maximum Gasteiger partial charge on any atom is 0.258 e. The maximum absolute atomic E-state index is 13.3. The molecule has 6 heteroatoms. The number of hydrogen-bond donors (Lipinski definition) is 0. The number of aromatic nitrogens is 1. The zero-order valence-corrected chi connectivity index (χ0v) is 23.1. The molecule has 1 aliphatic heterocycles. The highest BCUT2D eigenvalue weighted by Gasteiger charge is 2.26. The number of anilines is 1. The average Bonchev–Trinajstić information content (AvgIpc) is 2.97. The van der Waals surface area contributed by atoms with Crippen LogP contribution in [0.25, 0.3) is 0 Å². The summed E-state index contributed by atoms with van der Waals surface area (Å²) in [6.45, 7) is 3.86. The average molecular weight is 532 g/mol. The lowest BCUT2D eigenvalue weighted by Gasteiger charge is -2.34. The molecular formula is C32H38ClN3O2. The lowest BCUT2D eigenvalue weighted by Crippen LogP contribution is -2.35. The lowest BCUT2D eigenvalue weighted by atomic mass is 9.83. The smallest absolute Gasteiger partial charge is 0.258 e. The number of nitrogens with zero attached hydrogens (tertiary/aromatic N) is 3. The number of methoxy groups -OCH3 is 1. The minimum atomic E-state index is -0.0414. The van der Waals surface area contributed by atoms with Crippen LogP contribution in [0.2, 0.25) is 5.15 Å². The number of fused-ring (bicyclic) bond motifs is 1. The zero-order valence-electron chi connectivity index (χ0n) is 22.4. The van der Waals surface area contributed by atoms with Crippen molar-refractivity contribution in [3.05, 3.63) is 88.2 Å². The van der Waals surface area contributed by atoms with E-state index in [1.165, 1.54) is 48.8 Å². The molecule has 2 heterocycles. The van der Waals surface area contributed by atoms with Gasteiger partial charge in [-0.3, -0.25) is 4.79 Å². The topological polar surface area (TPSA) is 45.7 Å². The molecule has 1 amide bonds. The van der Waals surface area contributed by atoms with Gasteiger partial charge >= 0.3 is 0 Å². The van der Waals surface area contributed by atoms with Gasteiger partial charge < -0.3 is 14.5 Å². The van der Waals surface area contributed by atoms with Crippen LogP contribution in [0, 0.1) is 0 Å². The highest BCUT2D eigenvalue weighted by Crippen LogP contribution is 2.40. The summed E-state index contributed by atoms with van der Waals surface area (Å²) in [5, 5.41) is 0.358. The van der Waals surface area contributed by atoms with Crippen LogP contribution in [-0.2, 0) is 12.8 Å². The molecule has 0 saturated carbocycles. The Labute approximate surface area is 231 Å². The van der Waals surface area contributed by atoms with Gasteiger partial charge in [0.2, 0.25) is 0 Å². The fourth-order valence-corrected chi connectivity index (χ4v) is 6.32. The summed E-state index contributed by atoms with van der Waals surface area (Å²) >= 11 is 6.39. The predicted molar refractivity (Wildman–Crippen MR) is 155 cm³/mol. The molecular weight excluding hydrogens is 494 g/mol. The van der Waals surface area contributed by atoms with Gasteiger partial charge in [0.25, 0.3) is 5.91 Å². The van der Waals surface area contributed by atoms with Gasteiger partial charge in [-0.15, -0.1) is 0 Å². The first-order valence-electron chi connectivity index (χ1n) is 14.0. The number of ether oxygens (including phenoxy) is 1. The molecule has 200 valence electrons. The Hall–Kier alpha value is -2.89. The van der Waals surface area contributed by atoms with Crippen molar-refractivity contribution in [3.8, 4) is 5.75 Å². The second-order valence-corrected chi connectivity index (χ2v) is 10.9. The van der Waals surface area contributed by atoms with Gasteiger partial charge in [-0.25, -0.2) is 4.98 Å². The molecule has 0 unspecified atom stereocenters. The third kappa shape index (κ3) is 6.05. The van der Waals surface area contributed by atoms with Gasteiger partial charge in [0.15, 0.2) is 5.15 Å². The van der Waals surface area contributed by atoms with E-state index >= 15 is 0 Å². The Morgan fingerprint density at radius 2 is 1.82 bits per heavy atom. The highest BCUT2D eigenvalue weighted by molar-refractivity contribution is 6.32. The summed E-state index contributed by atoms with van der Waals surface area (Å²) in [6.07, 6.45) is 10.8. The molecule has 0 spiro atoms. The summed E-state index contributed by atoms with van der Waals surface area (Å²) in [6, 6.07) is 17.8. The first-order chi connectivity index (χ1) is 18.7. The number of likely N-dealkylation sites (tertiary alicyclic amines) is 1. The van der Waals surface area contributed by atoms with Crippen molar-refractivity contribution in [2.45, 2.75) is 57.3 Å². The van der Waals surface area contributed by atoms with Crippen LogP contribution in [-0.4, -0.2) is 49.1 Å². The van der Waals surface area contributed by atoms with Crippen molar-refractivity contribution in [2.75, 3.05) is 38.2 Å². The van der Waals surface area contributed by atoms with Crippen LogP contribution in [0.1, 0.15) is 71.5 Å². The minimum Gasteiger partial charge on any atom is -0.496 e. The number of benzene rings is 2. The number of amides is 1. The fraction of sp³-hybridized carbons (Fsp3) is 0.438. The molecule has 1 saturated heterocycles. The third-order valence-electron chi connectivity index (χ3n) is 8.14. The van der Waals surface area contributed by atoms with E-state index < -0.39 is 0 Å². The second-order valence-electron chi connectivity index (χ2n) is 10.5. The molecule has 0 radical (unpaired) electrons. The Bertz CT molecular complexity index is 1220. The molecule has 5 nitrogen and oxygen atoms in total. The predicted octanol–water partition coefficient (Wildman–Crippen LogP) is 6.93. The number of unbranched alkanes of at least 4 members (excludes halogenated alkanes) is 1. The molecule has 5 rings (SSSR count). The summed E-state index contributed by atoms with van der Waals surface area (Å²) in [7, 11) is 1.84. The van der Waals surface area contributed by atoms with Crippen LogP contribution >= 0.6 is 11.6 Å². The Balaban J connectivity index is 1.15. The minimum absolute atomic E-state index is 0.0414. The van der Waals surface area contributed by atoms with Gasteiger partial charge in [-0.2, -0.15) is 0 Å². The molecule has 2 aromatic carbocycles. The molecule has 1 aromatic heterocycles. The normalized spacial score (nSPS) is 16.2. The standard InChI is InChI=1S/C32H38ClN3O2/c1-38-30-27-13-6-5-10-24(27)15-16-28(30)25-17-22-35(23-18-25)20-7-8-21-36(29-14-9-19-34-31(29)33)32(37)26-11-3-2-4-12-26/h2-4,9,11-12,14-16,19,25H,5-8,10,13,17-18,20-23H2,1H3. The van der Waals surface area contributed by atoms with E-state index in [0.29, 0.717) is 28.9 Å². The molecule has 0 N–H and O–H groups in total. The van der Waals surface area contributed by atoms with Gasteiger partial charge in [0.05, 0.1) is 12.8 Å². The summed E-state index contributed by atoms with van der Waals surface area (Å²) < 4.78 is 5.96. The fourth-order valence-electron chi connectivity index (χ4n) is 6.09. The molecule has 38 heavy (non-hydrogen) atoms. The van der Waals surface area contributed by atoms with E-state index in [4.69, 9.17) is 16.3 Å². The van der Waals surface area contributed by atoms with E-state index in [2.05, 4.69) is 22.0 Å². The highest BCUT2D eigenvalue weighted by atomic mass is 35.5. The quantitative estimate of drug-likeness (QED) is 0.222. The van der Waals surface area contributed by atoms with Crippen molar-refractivity contribution in [2.24, 2.45) is 0 Å². The van der Waals surface area contributed by atoms with Crippen LogP contribution in [0.5, 0.6) is 5.75 Å². The lowest BCUT2D eigenvalue weighted by molar-refractivity contribution is 0.0986. The summed E-state index contributed by atoms with van der Waals surface area (Å²) in [4.78, 5) is 21.9. The van der Waals surface area contributed by atoms with E-state index in [-0.39, 0.29) is 5.91 Å². The first-order valence-corrected chi connectivity index (χ1v) is 14.4. The Morgan fingerprint density at radius 1 is 1.03 bits per heavy atom. The van der Waals surface area contributed by atoms with Gasteiger partial charge in [-0.1, -0.05) is 41.9 Å². The number of piperidine rings is 1. The molecule has 2 aliphatic rings. The van der Waals surface area contributed by atoms with Gasteiger partial charge in [0, 0.05) is 18.3 Å². The van der Waals surface area contributed by atoms with Crippen LogP contribution in [0.4, 0.5) is 5.69 Å². The molecule has 3 aromatic rings. The second kappa shape index (κ2) is 12.8. The zero-order chi connectivity index (χ0) is 26.3. The molecule has 1 aliphatic carbocycles. The monoisotopic (exact) mass is 531 g/mol. The van der Waals surface area contributed by atoms with E-state index in [9.17, 15) is 4.79 Å². The van der Waals surface area contributed by atoms with E-state index in [1.807, 2.05) is 49.6 Å². The van der Waals surface area contributed by atoms with Crippen molar-refractivity contribution in [3.63, 3.8) is 0 Å². The molecule has 1 fully saturated rings. The molecule has 0 atom stereocenters. The van der Waals surface area contributed by atoms with Gasteiger partial charge in [-0.05, 0) is 118 Å². The van der Waals surface area contributed by atoms with Crippen molar-refractivity contribution in [1.82, 2.24) is 9.88 Å². The number of rotatable bonds is 9. The third-order valence-corrected chi connectivity index (χ3v) is 8.44. The van der Waals surface area contributed by atoms with Crippen molar-refractivity contribution >= 4 is 23.2 Å². The number of pyridine rings is 1. The SMILES string of the molecule is COc1c(C2CCN(CCCCN(C(=O)c3ccccc3)c3cccnc3Cl)CC2)ccc2c1CCCC2. The summed E-state index contributed by atoms with van der Waals surface area (Å²) in [5.41, 5.74) is 5.69. The van der Waals surface area contributed by atoms with Crippen molar-refractivity contribution in [1.29, 1.82) is 0 Å². The number of carbonyl (C=O) groups is 1. The number of carbonyl (C=O) groups excluding carboxylic acids is 1. The summed E-state index contributed by atoms with van der Waals surface area (Å²) in [5.74, 6) is 1.69. The van der Waals surface area contributed by atoms with E-state index in [0.717, 1.165) is 44.6 Å². The van der Waals surface area contributed by atoms with E-state index in [1.54, 1.807) is 11.1 Å². The number of halogens is 1. The Morgan fingerprint density at radius 3 is 2.58 bits per heavy atom. The Kier molecular flexibility index (Phi) is 8.98. The van der Waals surface area contributed by atoms with Crippen molar-refractivity contribution < 1.29 is 9.53 Å². The number of hydrogen-bond acceptors (Lipinski definition) is 4. The number of aryl methyl sites for hydroxylation is 1. The largest absolute Gasteiger partial charge is 0.496 e. The first kappa shape index (κ1) is 26.7. The molecule has 0 bridgehead atoms. The van der Waals surface area contributed by atoms with Gasteiger partial charge in [0.1, 0.15) is 5.75 Å².